The Labute approximate surface area is 185 Å². The molecule has 3 rings (SSSR count). The van der Waals surface area contributed by atoms with Crippen molar-refractivity contribution in [2.75, 3.05) is 11.9 Å². The number of hydrogen-bond donors (Lipinski definition) is 3. The van der Waals surface area contributed by atoms with Crippen LogP contribution in [0.4, 0.5) is 5.69 Å². The SMILES string of the molecule is O=c1ccc(-c2ccccc2)nn1CCCCNC(=S)Nc1ccc(S(=O)(=O)O)cc1. The largest absolute Gasteiger partial charge is 0.362 e. The second-order valence-electron chi connectivity index (χ2n) is 6.73. The van der Waals surface area contributed by atoms with Gasteiger partial charge in [0, 0.05) is 30.4 Å². The van der Waals surface area contributed by atoms with Crippen LogP contribution in [-0.4, -0.2) is 34.4 Å². The third-order valence-electron chi connectivity index (χ3n) is 4.43. The van der Waals surface area contributed by atoms with Crippen molar-refractivity contribution in [3.05, 3.63) is 77.1 Å². The fourth-order valence-corrected chi connectivity index (χ4v) is 3.55. The summed E-state index contributed by atoms with van der Waals surface area (Å²) in [6, 6.07) is 18.5. The van der Waals surface area contributed by atoms with Crippen LogP contribution >= 0.6 is 12.2 Å². The molecular weight excluding hydrogens is 436 g/mol. The van der Waals surface area contributed by atoms with Crippen molar-refractivity contribution >= 4 is 33.1 Å². The van der Waals surface area contributed by atoms with Gasteiger partial charge in [-0.3, -0.25) is 9.35 Å². The van der Waals surface area contributed by atoms with Gasteiger partial charge in [-0.2, -0.15) is 13.5 Å². The summed E-state index contributed by atoms with van der Waals surface area (Å²) in [4.78, 5) is 11.9. The topological polar surface area (TPSA) is 113 Å². The molecule has 0 saturated heterocycles. The number of aromatic nitrogens is 2. The smallest absolute Gasteiger partial charge is 0.294 e. The van der Waals surface area contributed by atoms with Crippen molar-refractivity contribution in [1.82, 2.24) is 15.1 Å². The highest BCUT2D eigenvalue weighted by atomic mass is 32.2. The zero-order valence-electron chi connectivity index (χ0n) is 16.6. The Balaban J connectivity index is 1.44. The molecule has 0 bridgehead atoms. The lowest BCUT2D eigenvalue weighted by Crippen LogP contribution is -2.29. The van der Waals surface area contributed by atoms with Gasteiger partial charge in [0.15, 0.2) is 5.11 Å². The molecule has 8 nitrogen and oxygen atoms in total. The molecule has 0 unspecified atom stereocenters. The monoisotopic (exact) mass is 458 g/mol. The van der Waals surface area contributed by atoms with Crippen LogP contribution in [0.25, 0.3) is 11.3 Å². The van der Waals surface area contributed by atoms with Gasteiger partial charge in [0.1, 0.15) is 0 Å². The van der Waals surface area contributed by atoms with E-state index in [9.17, 15) is 13.2 Å². The maximum absolute atomic E-state index is 12.1. The van der Waals surface area contributed by atoms with E-state index >= 15 is 0 Å². The third-order valence-corrected chi connectivity index (χ3v) is 5.54. The van der Waals surface area contributed by atoms with E-state index in [1.165, 1.54) is 35.0 Å². The van der Waals surface area contributed by atoms with Crippen LogP contribution in [0.5, 0.6) is 0 Å². The van der Waals surface area contributed by atoms with Crippen molar-refractivity contribution < 1.29 is 13.0 Å². The predicted molar refractivity (Wildman–Crippen MR) is 124 cm³/mol. The average Bonchev–Trinajstić information content (AvgIpc) is 2.75. The number of benzene rings is 2. The Morgan fingerprint density at radius 3 is 2.39 bits per heavy atom. The Kier molecular flexibility index (Phi) is 7.50. The van der Waals surface area contributed by atoms with Crippen LogP contribution in [0, 0.1) is 0 Å². The summed E-state index contributed by atoms with van der Waals surface area (Å²) in [5, 5.41) is 10.8. The summed E-state index contributed by atoms with van der Waals surface area (Å²) in [7, 11) is -4.22. The number of hydrogen-bond acceptors (Lipinski definition) is 5. The molecule has 0 spiro atoms. The van der Waals surface area contributed by atoms with Crippen LogP contribution in [-0.2, 0) is 16.7 Å². The minimum Gasteiger partial charge on any atom is -0.362 e. The van der Waals surface area contributed by atoms with Gasteiger partial charge < -0.3 is 10.6 Å². The summed E-state index contributed by atoms with van der Waals surface area (Å²) >= 11 is 5.22. The van der Waals surface area contributed by atoms with Crippen molar-refractivity contribution in [2.45, 2.75) is 24.3 Å². The lowest BCUT2D eigenvalue weighted by atomic mass is 10.1. The van der Waals surface area contributed by atoms with Crippen molar-refractivity contribution in [3.63, 3.8) is 0 Å². The molecule has 0 aliphatic rings. The van der Waals surface area contributed by atoms with E-state index < -0.39 is 10.1 Å². The quantitative estimate of drug-likeness (QED) is 0.268. The molecule has 31 heavy (non-hydrogen) atoms. The Morgan fingerprint density at radius 1 is 1.00 bits per heavy atom. The van der Waals surface area contributed by atoms with Gasteiger partial charge in [-0.15, -0.1) is 0 Å². The van der Waals surface area contributed by atoms with Crippen LogP contribution in [0.3, 0.4) is 0 Å². The van der Waals surface area contributed by atoms with E-state index in [0.29, 0.717) is 23.9 Å². The number of thiocarbonyl (C=S) groups is 1. The van der Waals surface area contributed by atoms with Crippen molar-refractivity contribution in [3.8, 4) is 11.3 Å². The predicted octanol–water partition coefficient (Wildman–Crippen LogP) is 2.92. The highest BCUT2D eigenvalue weighted by molar-refractivity contribution is 7.85. The van der Waals surface area contributed by atoms with Crippen LogP contribution < -0.4 is 16.2 Å². The van der Waals surface area contributed by atoms with E-state index in [4.69, 9.17) is 16.8 Å². The molecule has 0 aliphatic heterocycles. The van der Waals surface area contributed by atoms with Gasteiger partial charge in [-0.25, -0.2) is 4.68 Å². The first-order valence-corrected chi connectivity index (χ1v) is 11.4. The summed E-state index contributed by atoms with van der Waals surface area (Å²) < 4.78 is 32.6. The van der Waals surface area contributed by atoms with Crippen LogP contribution in [0.2, 0.25) is 0 Å². The molecule has 1 aromatic heterocycles. The maximum Gasteiger partial charge on any atom is 0.294 e. The number of nitrogens with one attached hydrogen (secondary N) is 2. The van der Waals surface area contributed by atoms with Crippen molar-refractivity contribution in [1.29, 1.82) is 0 Å². The molecule has 0 amide bonds. The van der Waals surface area contributed by atoms with Gasteiger partial charge >= 0.3 is 0 Å². The van der Waals surface area contributed by atoms with Gasteiger partial charge in [-0.1, -0.05) is 30.3 Å². The molecule has 3 N–H and O–H groups in total. The van der Waals surface area contributed by atoms with E-state index in [-0.39, 0.29) is 10.5 Å². The van der Waals surface area contributed by atoms with Gasteiger partial charge in [-0.05, 0) is 55.4 Å². The molecule has 162 valence electrons. The third kappa shape index (κ3) is 6.71. The van der Waals surface area contributed by atoms with Crippen LogP contribution in [0.1, 0.15) is 12.8 Å². The molecule has 2 aromatic carbocycles. The number of rotatable bonds is 8. The molecule has 0 atom stereocenters. The van der Waals surface area contributed by atoms with Crippen molar-refractivity contribution in [2.24, 2.45) is 0 Å². The Bertz CT molecular complexity index is 1190. The van der Waals surface area contributed by atoms with E-state index in [1.807, 2.05) is 30.3 Å². The highest BCUT2D eigenvalue weighted by Gasteiger charge is 2.08. The molecule has 0 radical (unpaired) electrons. The molecule has 0 fully saturated rings. The van der Waals surface area contributed by atoms with Gasteiger partial charge in [0.25, 0.3) is 15.7 Å². The molecular formula is C21H22N4O4S2. The lowest BCUT2D eigenvalue weighted by Gasteiger charge is -2.11. The Hall–Kier alpha value is -3.08. The fourth-order valence-electron chi connectivity index (χ4n) is 2.85. The average molecular weight is 459 g/mol. The second kappa shape index (κ2) is 10.3. The highest BCUT2D eigenvalue weighted by Crippen LogP contribution is 2.14. The first-order chi connectivity index (χ1) is 14.8. The maximum atomic E-state index is 12.1. The standard InChI is InChI=1S/C21H22N4O4S2/c26-20-13-12-19(16-6-2-1-3-7-16)24-25(20)15-5-4-14-22-21(30)23-17-8-10-18(11-9-17)31(27,28)29/h1-3,6-13H,4-5,14-15H2,(H2,22,23,30)(H,27,28,29). The molecule has 0 saturated carbocycles. The second-order valence-corrected chi connectivity index (χ2v) is 8.56. The number of aryl methyl sites for hydroxylation is 1. The zero-order chi connectivity index (χ0) is 22.3. The van der Waals surface area contributed by atoms with E-state index in [2.05, 4.69) is 15.7 Å². The first-order valence-electron chi connectivity index (χ1n) is 9.59. The lowest BCUT2D eigenvalue weighted by molar-refractivity contribution is 0.483. The van der Waals surface area contributed by atoms with E-state index in [1.54, 1.807) is 6.07 Å². The fraction of sp³-hybridized carbons (Fsp3) is 0.190. The Morgan fingerprint density at radius 2 is 1.71 bits per heavy atom. The molecule has 3 aromatic rings. The van der Waals surface area contributed by atoms with E-state index in [0.717, 1.165) is 24.1 Å². The normalized spacial score (nSPS) is 11.1. The summed E-state index contributed by atoms with van der Waals surface area (Å²) in [5.41, 5.74) is 2.17. The summed E-state index contributed by atoms with van der Waals surface area (Å²) in [6.45, 7) is 1.10. The zero-order valence-corrected chi connectivity index (χ0v) is 18.2. The molecule has 10 heteroatoms. The van der Waals surface area contributed by atoms with Gasteiger partial charge in [0.05, 0.1) is 10.6 Å². The minimum atomic E-state index is -4.22. The number of anilines is 1. The summed E-state index contributed by atoms with van der Waals surface area (Å²) in [6.07, 6.45) is 1.51. The first kappa shape index (κ1) is 22.6. The minimum absolute atomic E-state index is 0.141. The summed E-state index contributed by atoms with van der Waals surface area (Å²) in [5.74, 6) is 0. The number of nitrogens with zero attached hydrogens (tertiary/aromatic N) is 2. The van der Waals surface area contributed by atoms with Gasteiger partial charge in [0.2, 0.25) is 0 Å². The molecule has 0 aliphatic carbocycles. The number of unbranched alkanes of at least 4 members (excludes halogenated alkanes) is 1. The molecule has 1 heterocycles. The van der Waals surface area contributed by atoms with Crippen LogP contribution in [0.15, 0.2) is 76.4 Å².